The lowest BCUT2D eigenvalue weighted by atomic mass is 9.75. The molecule has 4 nitrogen and oxygen atoms in total. The maximum absolute atomic E-state index is 11.4. The van der Waals surface area contributed by atoms with Gasteiger partial charge in [-0.3, -0.25) is 4.79 Å². The van der Waals surface area contributed by atoms with Crippen LogP contribution < -0.4 is 0 Å². The van der Waals surface area contributed by atoms with E-state index in [9.17, 15) is 9.59 Å². The third kappa shape index (κ3) is 2.28. The van der Waals surface area contributed by atoms with Crippen LogP contribution in [-0.4, -0.2) is 41.4 Å². The quantitative estimate of drug-likeness (QED) is 0.664. The minimum Gasteiger partial charge on any atom is -0.475 e. The summed E-state index contributed by atoms with van der Waals surface area (Å²) in [6.07, 6.45) is 2.50. The van der Waals surface area contributed by atoms with Crippen LogP contribution >= 0.6 is 0 Å². The Labute approximate surface area is 112 Å². The number of carboxylic acid groups (broad SMARTS) is 1. The number of rotatable bonds is 3. The molecular weight excluding hydrogens is 242 g/mol. The van der Waals surface area contributed by atoms with Gasteiger partial charge in [0.15, 0.2) is 0 Å². The molecule has 1 atom stereocenters. The highest BCUT2D eigenvalue weighted by Crippen LogP contribution is 2.38. The number of Topliss-reactive ketones (excluding diaryl/α,β-unsaturated/α-hetero) is 1. The molecule has 1 aromatic carbocycles. The van der Waals surface area contributed by atoms with Crippen LogP contribution in [0.1, 0.15) is 34.7 Å². The Balaban J connectivity index is 1.79. The van der Waals surface area contributed by atoms with E-state index in [-0.39, 0.29) is 5.56 Å². The van der Waals surface area contributed by atoms with Crippen LogP contribution in [-0.2, 0) is 4.79 Å². The third-order valence-electron chi connectivity index (χ3n) is 4.45. The molecule has 0 saturated carbocycles. The second kappa shape index (κ2) is 4.78. The molecule has 4 rings (SSSR count). The summed E-state index contributed by atoms with van der Waals surface area (Å²) in [6.45, 7) is 3.50. The number of piperidine rings is 3. The second-order valence-electron chi connectivity index (χ2n) is 5.50. The highest BCUT2D eigenvalue weighted by molar-refractivity contribution is 6.39. The highest BCUT2D eigenvalue weighted by Gasteiger charge is 2.34. The van der Waals surface area contributed by atoms with Gasteiger partial charge < -0.3 is 10.0 Å². The van der Waals surface area contributed by atoms with Crippen molar-refractivity contribution >= 4 is 11.8 Å². The SMILES string of the molecule is O=C(O)C(=O)c1ccc(C2CN3CCC2CC3)cc1. The van der Waals surface area contributed by atoms with Crippen LogP contribution in [0.5, 0.6) is 0 Å². The zero-order valence-corrected chi connectivity index (χ0v) is 10.7. The lowest BCUT2D eigenvalue weighted by molar-refractivity contribution is -0.131. The molecule has 100 valence electrons. The number of carbonyl (C=O) groups excluding carboxylic acids is 1. The number of carboxylic acids is 1. The molecule has 2 bridgehead atoms. The van der Waals surface area contributed by atoms with Crippen molar-refractivity contribution in [3.63, 3.8) is 0 Å². The number of ketones is 1. The van der Waals surface area contributed by atoms with Gasteiger partial charge in [-0.1, -0.05) is 24.3 Å². The summed E-state index contributed by atoms with van der Waals surface area (Å²) in [5.74, 6) is -0.946. The maximum Gasteiger partial charge on any atom is 0.377 e. The summed E-state index contributed by atoms with van der Waals surface area (Å²) >= 11 is 0. The Bertz CT molecular complexity index is 501. The molecule has 1 N–H and O–H groups in total. The molecule has 1 unspecified atom stereocenters. The molecule has 0 aromatic heterocycles. The Kier molecular flexibility index (Phi) is 3.11. The van der Waals surface area contributed by atoms with Gasteiger partial charge in [0.05, 0.1) is 0 Å². The van der Waals surface area contributed by atoms with Crippen molar-refractivity contribution in [3.05, 3.63) is 35.4 Å². The molecule has 3 fully saturated rings. The number of aliphatic carboxylic acids is 1. The van der Waals surface area contributed by atoms with Gasteiger partial charge in [-0.25, -0.2) is 4.79 Å². The van der Waals surface area contributed by atoms with E-state index >= 15 is 0 Å². The average molecular weight is 259 g/mol. The first-order valence-corrected chi connectivity index (χ1v) is 6.75. The zero-order valence-electron chi connectivity index (χ0n) is 10.7. The molecule has 0 spiro atoms. The minimum absolute atomic E-state index is 0.262. The van der Waals surface area contributed by atoms with Crippen LogP contribution in [0.4, 0.5) is 0 Å². The normalized spacial score (nSPS) is 29.2. The van der Waals surface area contributed by atoms with Crippen molar-refractivity contribution in [1.82, 2.24) is 4.90 Å². The van der Waals surface area contributed by atoms with Crippen molar-refractivity contribution in [1.29, 1.82) is 0 Å². The third-order valence-corrected chi connectivity index (χ3v) is 4.45. The standard InChI is InChI=1S/C15H17NO3/c17-14(15(18)19)12-3-1-10(2-4-12)13-9-16-7-5-11(13)6-8-16/h1-4,11,13H,5-9H2,(H,18,19). The summed E-state index contributed by atoms with van der Waals surface area (Å²) < 4.78 is 0. The van der Waals surface area contributed by atoms with Crippen molar-refractivity contribution in [2.75, 3.05) is 19.6 Å². The number of carbonyl (C=O) groups is 2. The molecule has 0 radical (unpaired) electrons. The highest BCUT2D eigenvalue weighted by atomic mass is 16.4. The summed E-state index contributed by atoms with van der Waals surface area (Å²) in [5, 5.41) is 8.68. The van der Waals surface area contributed by atoms with Gasteiger partial charge in [-0.2, -0.15) is 0 Å². The van der Waals surface area contributed by atoms with E-state index in [0.717, 1.165) is 12.5 Å². The van der Waals surface area contributed by atoms with Crippen molar-refractivity contribution < 1.29 is 14.7 Å². The van der Waals surface area contributed by atoms with E-state index in [2.05, 4.69) is 4.90 Å². The lowest BCUT2D eigenvalue weighted by Gasteiger charge is -2.45. The number of hydrogen-bond acceptors (Lipinski definition) is 3. The van der Waals surface area contributed by atoms with E-state index in [4.69, 9.17) is 5.11 Å². The summed E-state index contributed by atoms with van der Waals surface area (Å²) in [7, 11) is 0. The first kappa shape index (κ1) is 12.4. The molecule has 0 aliphatic carbocycles. The predicted octanol–water partition coefficient (Wildman–Crippen LogP) is 1.76. The van der Waals surface area contributed by atoms with Gasteiger partial charge in [0.25, 0.3) is 5.78 Å². The summed E-state index contributed by atoms with van der Waals surface area (Å²) in [4.78, 5) is 24.5. The van der Waals surface area contributed by atoms with Crippen LogP contribution in [0.2, 0.25) is 0 Å². The second-order valence-corrected chi connectivity index (χ2v) is 5.50. The molecule has 3 heterocycles. The molecule has 3 saturated heterocycles. The smallest absolute Gasteiger partial charge is 0.377 e. The van der Waals surface area contributed by atoms with E-state index in [1.165, 1.54) is 31.5 Å². The van der Waals surface area contributed by atoms with Crippen molar-refractivity contribution in [2.45, 2.75) is 18.8 Å². The van der Waals surface area contributed by atoms with E-state index in [1.54, 1.807) is 12.1 Å². The van der Waals surface area contributed by atoms with Gasteiger partial charge in [-0.05, 0) is 43.3 Å². The first-order valence-electron chi connectivity index (χ1n) is 6.75. The minimum atomic E-state index is -1.39. The summed E-state index contributed by atoms with van der Waals surface area (Å²) in [5.41, 5.74) is 1.49. The van der Waals surface area contributed by atoms with E-state index in [1.807, 2.05) is 12.1 Å². The number of hydrogen-bond donors (Lipinski definition) is 1. The zero-order chi connectivity index (χ0) is 13.4. The van der Waals surface area contributed by atoms with Crippen molar-refractivity contribution in [2.24, 2.45) is 5.92 Å². The molecule has 0 amide bonds. The van der Waals surface area contributed by atoms with Gasteiger partial charge in [0, 0.05) is 12.1 Å². The molecular formula is C15H17NO3. The van der Waals surface area contributed by atoms with Gasteiger partial charge in [0.1, 0.15) is 0 Å². The Morgan fingerprint density at radius 3 is 2.21 bits per heavy atom. The van der Waals surface area contributed by atoms with E-state index in [0.29, 0.717) is 5.92 Å². The van der Waals surface area contributed by atoms with Crippen molar-refractivity contribution in [3.8, 4) is 0 Å². The number of fused-ring (bicyclic) bond motifs is 3. The fourth-order valence-corrected chi connectivity index (χ4v) is 3.35. The maximum atomic E-state index is 11.4. The predicted molar refractivity (Wildman–Crippen MR) is 70.3 cm³/mol. The number of nitrogens with zero attached hydrogens (tertiary/aromatic N) is 1. The largest absolute Gasteiger partial charge is 0.475 e. The number of benzene rings is 1. The Morgan fingerprint density at radius 1 is 1.11 bits per heavy atom. The average Bonchev–Trinajstić information content (AvgIpc) is 2.47. The molecule has 3 aliphatic rings. The van der Waals surface area contributed by atoms with Gasteiger partial charge in [0.2, 0.25) is 0 Å². The van der Waals surface area contributed by atoms with Gasteiger partial charge in [-0.15, -0.1) is 0 Å². The summed E-state index contributed by atoms with van der Waals surface area (Å²) in [6, 6.07) is 7.12. The van der Waals surface area contributed by atoms with Gasteiger partial charge >= 0.3 is 5.97 Å². The fourth-order valence-electron chi connectivity index (χ4n) is 3.35. The monoisotopic (exact) mass is 259 g/mol. The Hall–Kier alpha value is -1.68. The molecule has 1 aromatic rings. The first-order chi connectivity index (χ1) is 9.15. The topological polar surface area (TPSA) is 57.6 Å². The molecule has 3 aliphatic heterocycles. The van der Waals surface area contributed by atoms with Crippen LogP contribution in [0, 0.1) is 5.92 Å². The molecule has 4 heteroatoms. The van der Waals surface area contributed by atoms with Crippen LogP contribution in [0.3, 0.4) is 0 Å². The Morgan fingerprint density at radius 2 is 1.74 bits per heavy atom. The van der Waals surface area contributed by atoms with Crippen LogP contribution in [0.15, 0.2) is 24.3 Å². The fraction of sp³-hybridized carbons (Fsp3) is 0.467. The van der Waals surface area contributed by atoms with E-state index < -0.39 is 11.8 Å². The van der Waals surface area contributed by atoms with Crippen LogP contribution in [0.25, 0.3) is 0 Å². The lowest BCUT2D eigenvalue weighted by Crippen LogP contribution is -2.46. The molecule has 19 heavy (non-hydrogen) atoms.